The minimum Gasteiger partial charge on any atom is -0.391 e. The van der Waals surface area contributed by atoms with Crippen LogP contribution >= 0.6 is 0 Å². The normalized spacial score (nSPS) is 12.0. The molecule has 0 aliphatic carbocycles. The third kappa shape index (κ3) is 5.31. The third-order valence-electron chi connectivity index (χ3n) is 4.76. The Hall–Kier alpha value is -2.36. The van der Waals surface area contributed by atoms with Gasteiger partial charge in [-0.3, -0.25) is 0 Å². The van der Waals surface area contributed by atoms with Gasteiger partial charge >= 0.3 is 0 Å². The predicted molar refractivity (Wildman–Crippen MR) is 108 cm³/mol. The van der Waals surface area contributed by atoms with Crippen molar-refractivity contribution in [2.75, 3.05) is 13.6 Å². The van der Waals surface area contributed by atoms with E-state index < -0.39 is 0 Å². The van der Waals surface area contributed by atoms with Crippen LogP contribution in [0.1, 0.15) is 37.4 Å². The summed E-state index contributed by atoms with van der Waals surface area (Å²) < 4.78 is 0. The second-order valence-corrected chi connectivity index (χ2v) is 6.66. The van der Waals surface area contributed by atoms with Crippen molar-refractivity contribution < 1.29 is 0 Å². The molecule has 0 saturated heterocycles. The molecule has 0 saturated carbocycles. The Morgan fingerprint density at radius 1 is 1.36 bits per heavy atom. The van der Waals surface area contributed by atoms with E-state index >= 15 is 0 Å². The summed E-state index contributed by atoms with van der Waals surface area (Å²) in [5, 5.41) is 7.88. The van der Waals surface area contributed by atoms with Gasteiger partial charge in [-0.25, -0.2) is 0 Å². The molecule has 1 aromatic heterocycles. The lowest BCUT2D eigenvalue weighted by atomic mass is 10.1. The van der Waals surface area contributed by atoms with E-state index in [4.69, 9.17) is 0 Å². The van der Waals surface area contributed by atoms with Crippen molar-refractivity contribution in [2.24, 2.45) is 0 Å². The van der Waals surface area contributed by atoms with Gasteiger partial charge in [-0.2, -0.15) is 0 Å². The summed E-state index contributed by atoms with van der Waals surface area (Å²) in [5.74, 6) is 0.971. The highest BCUT2D eigenvalue weighted by atomic mass is 15.2. The van der Waals surface area contributed by atoms with Crippen LogP contribution in [0.5, 0.6) is 0 Å². The number of H-pyrrole nitrogens is 1. The fourth-order valence-electron chi connectivity index (χ4n) is 3.16. The first-order valence-electron chi connectivity index (χ1n) is 9.13. The monoisotopic (exact) mass is 340 g/mol. The molecule has 0 aliphatic rings. The van der Waals surface area contributed by atoms with Crippen molar-refractivity contribution in [1.82, 2.24) is 20.5 Å². The van der Waals surface area contributed by atoms with Crippen LogP contribution in [-0.4, -0.2) is 29.5 Å². The van der Waals surface area contributed by atoms with E-state index in [0.29, 0.717) is 6.04 Å². The van der Waals surface area contributed by atoms with Gasteiger partial charge in [-0.05, 0) is 56.0 Å². The maximum absolute atomic E-state index is 4.22. The molecular weight excluding hydrogens is 308 g/mol. The zero-order valence-electron chi connectivity index (χ0n) is 15.9. The first-order chi connectivity index (χ1) is 12.0. The predicted octanol–water partition coefficient (Wildman–Crippen LogP) is 4.26. The number of benzene rings is 1. The molecule has 0 radical (unpaired) electrons. The van der Waals surface area contributed by atoms with Gasteiger partial charge in [0.25, 0.3) is 0 Å². The molecule has 3 N–H and O–H groups in total. The molecule has 1 aromatic carbocycles. The highest BCUT2D eigenvalue weighted by molar-refractivity contribution is 5.81. The molecule has 0 amide bonds. The van der Waals surface area contributed by atoms with Crippen molar-refractivity contribution >= 4 is 10.9 Å². The lowest BCUT2D eigenvalue weighted by Gasteiger charge is -2.31. The zero-order valence-corrected chi connectivity index (χ0v) is 15.9. The second kappa shape index (κ2) is 9.21. The van der Waals surface area contributed by atoms with Crippen LogP contribution in [0.2, 0.25) is 0 Å². The van der Waals surface area contributed by atoms with Gasteiger partial charge in [-0.15, -0.1) is 0 Å². The van der Waals surface area contributed by atoms with Gasteiger partial charge in [0.1, 0.15) is 0 Å². The van der Waals surface area contributed by atoms with E-state index in [-0.39, 0.29) is 0 Å². The van der Waals surface area contributed by atoms with Crippen molar-refractivity contribution in [2.45, 2.75) is 45.7 Å². The van der Waals surface area contributed by atoms with Crippen molar-refractivity contribution in [3.05, 3.63) is 60.7 Å². The average molecular weight is 341 g/mol. The molecule has 4 heteroatoms. The number of aromatic amines is 1. The van der Waals surface area contributed by atoms with Gasteiger partial charge in [0.2, 0.25) is 0 Å². The third-order valence-corrected chi connectivity index (χ3v) is 4.76. The fourth-order valence-corrected chi connectivity index (χ4v) is 3.16. The van der Waals surface area contributed by atoms with E-state index in [1.807, 2.05) is 0 Å². The molecule has 2 rings (SSSR count). The molecule has 0 spiro atoms. The average Bonchev–Trinajstić information content (AvgIpc) is 3.01. The summed E-state index contributed by atoms with van der Waals surface area (Å²) in [6.07, 6.45) is 5.13. The number of hydrogen-bond donors (Lipinski definition) is 3. The molecular formula is C21H32N4. The highest BCUT2D eigenvalue weighted by Crippen LogP contribution is 2.18. The smallest absolute Gasteiger partial charge is 0.0941 e. The minimum absolute atomic E-state index is 0.497. The number of rotatable bonds is 11. The Morgan fingerprint density at radius 2 is 2.16 bits per heavy atom. The van der Waals surface area contributed by atoms with E-state index in [0.717, 1.165) is 38.2 Å². The van der Waals surface area contributed by atoms with Crippen LogP contribution in [0.4, 0.5) is 0 Å². The first kappa shape index (κ1) is 19.0. The van der Waals surface area contributed by atoms with E-state index in [1.54, 1.807) is 6.20 Å². The van der Waals surface area contributed by atoms with Crippen LogP contribution in [-0.2, 0) is 6.54 Å². The maximum atomic E-state index is 4.22. The minimum atomic E-state index is 0.497. The van der Waals surface area contributed by atoms with Gasteiger partial charge in [0, 0.05) is 30.8 Å². The maximum Gasteiger partial charge on any atom is 0.0941 e. The number of nitrogens with one attached hydrogen (secondary N) is 3. The van der Waals surface area contributed by atoms with Crippen molar-refractivity contribution in [1.29, 1.82) is 0 Å². The Balaban J connectivity index is 1.87. The Bertz CT molecular complexity index is 701. The molecule has 4 nitrogen and oxygen atoms in total. The molecule has 0 bridgehead atoms. The summed E-state index contributed by atoms with van der Waals surface area (Å²) in [6, 6.07) is 9.19. The molecule has 136 valence electrons. The number of aryl methyl sites for hydroxylation is 1. The van der Waals surface area contributed by atoms with Crippen molar-refractivity contribution in [3.8, 4) is 0 Å². The van der Waals surface area contributed by atoms with Crippen LogP contribution < -0.4 is 10.6 Å². The van der Waals surface area contributed by atoms with Gasteiger partial charge < -0.3 is 20.5 Å². The van der Waals surface area contributed by atoms with Crippen LogP contribution in [0.15, 0.2) is 49.4 Å². The summed E-state index contributed by atoms with van der Waals surface area (Å²) >= 11 is 0. The van der Waals surface area contributed by atoms with Crippen LogP contribution in [0.25, 0.3) is 10.9 Å². The number of hydrogen-bond acceptors (Lipinski definition) is 3. The van der Waals surface area contributed by atoms with Crippen LogP contribution in [0, 0.1) is 6.92 Å². The van der Waals surface area contributed by atoms with Crippen molar-refractivity contribution in [3.63, 3.8) is 0 Å². The number of fused-ring (bicyclic) bond motifs is 1. The number of nitrogens with zero attached hydrogens (tertiary/aromatic N) is 1. The quantitative estimate of drug-likeness (QED) is 0.536. The molecule has 1 heterocycles. The van der Waals surface area contributed by atoms with Gasteiger partial charge in [0.15, 0.2) is 0 Å². The Kier molecular flexibility index (Phi) is 6.99. The SMILES string of the molecule is C=CNCCCC(CC)N(C)C(=C)NCc1cc2cc(C)ccc2[nH]1. The standard InChI is InChI=1S/C21H32N4/c1-6-20(9-8-12-22-7-2)25(5)17(4)23-15-19-14-18-13-16(3)10-11-21(18)24-19/h7,10-11,13-14,20,22-24H,2,4,6,8-9,12,15H2,1,3,5H3. The number of aromatic nitrogens is 1. The van der Waals surface area contributed by atoms with E-state index in [1.165, 1.54) is 22.2 Å². The first-order valence-corrected chi connectivity index (χ1v) is 9.13. The van der Waals surface area contributed by atoms with E-state index in [2.05, 4.69) is 78.8 Å². The van der Waals surface area contributed by atoms with Crippen LogP contribution in [0.3, 0.4) is 0 Å². The molecule has 1 unspecified atom stereocenters. The summed E-state index contributed by atoms with van der Waals surface area (Å²) in [7, 11) is 2.12. The topological polar surface area (TPSA) is 43.1 Å². The Labute approximate surface area is 152 Å². The largest absolute Gasteiger partial charge is 0.391 e. The molecule has 0 fully saturated rings. The summed E-state index contributed by atoms with van der Waals surface area (Å²) in [5.41, 5.74) is 3.65. The second-order valence-electron chi connectivity index (χ2n) is 6.66. The van der Waals surface area contributed by atoms with Gasteiger partial charge in [-0.1, -0.05) is 31.7 Å². The summed E-state index contributed by atoms with van der Waals surface area (Å²) in [4.78, 5) is 5.73. The zero-order chi connectivity index (χ0) is 18.2. The van der Waals surface area contributed by atoms with Gasteiger partial charge in [0.05, 0.1) is 12.4 Å². The molecule has 0 aliphatic heterocycles. The lowest BCUT2D eigenvalue weighted by molar-refractivity contribution is 0.259. The Morgan fingerprint density at radius 3 is 2.88 bits per heavy atom. The molecule has 1 atom stereocenters. The fraction of sp³-hybridized carbons (Fsp3) is 0.429. The molecule has 2 aromatic rings. The summed E-state index contributed by atoms with van der Waals surface area (Å²) in [6.45, 7) is 14.0. The highest BCUT2D eigenvalue weighted by Gasteiger charge is 2.14. The molecule has 25 heavy (non-hydrogen) atoms. The lowest BCUT2D eigenvalue weighted by Crippen LogP contribution is -2.36. The van der Waals surface area contributed by atoms with E-state index in [9.17, 15) is 0 Å².